The maximum Gasteiger partial charge on any atom is 0.387 e. The minimum absolute atomic E-state index is 0.0985. The Hall–Kier alpha value is -2.83. The Kier molecular flexibility index (Phi) is 5.95. The van der Waals surface area contributed by atoms with E-state index in [0.717, 1.165) is 0 Å². The molecule has 0 aliphatic carbocycles. The molecule has 0 saturated carbocycles. The van der Waals surface area contributed by atoms with E-state index in [-0.39, 0.29) is 18.2 Å². The van der Waals surface area contributed by atoms with Crippen molar-refractivity contribution in [2.45, 2.75) is 13.2 Å². The number of hydrogen-bond acceptors (Lipinski definition) is 4. The summed E-state index contributed by atoms with van der Waals surface area (Å²) in [7, 11) is 3.05. The molecule has 2 aromatic rings. The molecular formula is C17H18F2N2O3. The third kappa shape index (κ3) is 4.34. The highest BCUT2D eigenvalue weighted by Crippen LogP contribution is 2.28. The van der Waals surface area contributed by atoms with Crippen LogP contribution >= 0.6 is 0 Å². The predicted octanol–water partition coefficient (Wildman–Crippen LogP) is 3.27. The van der Waals surface area contributed by atoms with Gasteiger partial charge in [0.25, 0.3) is 5.91 Å². The topological polar surface area (TPSA) is 59.6 Å². The van der Waals surface area contributed by atoms with Crippen LogP contribution in [0.1, 0.15) is 15.9 Å². The van der Waals surface area contributed by atoms with Crippen molar-refractivity contribution in [3.63, 3.8) is 0 Å². The lowest BCUT2D eigenvalue weighted by atomic mass is 10.1. The van der Waals surface area contributed by atoms with Crippen molar-refractivity contribution in [1.29, 1.82) is 0 Å². The van der Waals surface area contributed by atoms with Crippen LogP contribution in [0.4, 0.5) is 14.5 Å². The second-order valence-electron chi connectivity index (χ2n) is 4.83. The van der Waals surface area contributed by atoms with Crippen molar-refractivity contribution < 1.29 is 23.0 Å². The normalized spacial score (nSPS) is 10.4. The monoisotopic (exact) mass is 336 g/mol. The number of nitrogens with one attached hydrogen (secondary N) is 2. The van der Waals surface area contributed by atoms with Gasteiger partial charge in [0.1, 0.15) is 11.5 Å². The molecule has 7 heteroatoms. The van der Waals surface area contributed by atoms with Crippen LogP contribution in [-0.2, 0) is 6.54 Å². The van der Waals surface area contributed by atoms with Crippen molar-refractivity contribution in [2.24, 2.45) is 0 Å². The molecule has 0 aromatic heterocycles. The quantitative estimate of drug-likeness (QED) is 0.815. The first kappa shape index (κ1) is 17.5. The molecule has 0 bridgehead atoms. The van der Waals surface area contributed by atoms with Gasteiger partial charge in [-0.15, -0.1) is 0 Å². The molecule has 2 aromatic carbocycles. The Bertz CT molecular complexity index is 708. The first-order chi connectivity index (χ1) is 11.5. The molecule has 0 fully saturated rings. The SMILES string of the molecule is CNC(=O)c1ccc(OC)c(NCc2ccccc2OC(F)F)c1. The molecule has 0 saturated heterocycles. The highest BCUT2D eigenvalue weighted by molar-refractivity contribution is 5.95. The van der Waals surface area contributed by atoms with E-state index in [1.54, 1.807) is 36.4 Å². The molecular weight excluding hydrogens is 318 g/mol. The maximum absolute atomic E-state index is 12.5. The van der Waals surface area contributed by atoms with E-state index >= 15 is 0 Å². The number of para-hydroxylation sites is 1. The Morgan fingerprint density at radius 3 is 2.58 bits per heavy atom. The van der Waals surface area contributed by atoms with E-state index in [2.05, 4.69) is 15.4 Å². The zero-order valence-corrected chi connectivity index (χ0v) is 13.3. The zero-order valence-electron chi connectivity index (χ0n) is 13.3. The van der Waals surface area contributed by atoms with Crippen LogP contribution in [0.3, 0.4) is 0 Å². The predicted molar refractivity (Wildman–Crippen MR) is 86.8 cm³/mol. The van der Waals surface area contributed by atoms with Gasteiger partial charge in [-0.2, -0.15) is 8.78 Å². The van der Waals surface area contributed by atoms with E-state index in [9.17, 15) is 13.6 Å². The summed E-state index contributed by atoms with van der Waals surface area (Å²) < 4.78 is 34.7. The van der Waals surface area contributed by atoms with Crippen molar-refractivity contribution in [3.8, 4) is 11.5 Å². The summed E-state index contributed by atoms with van der Waals surface area (Å²) in [5.74, 6) is 0.401. The third-order valence-corrected chi connectivity index (χ3v) is 3.35. The summed E-state index contributed by atoms with van der Waals surface area (Å²) in [6.45, 7) is -2.66. The summed E-state index contributed by atoms with van der Waals surface area (Å²) in [6.07, 6.45) is 0. The summed E-state index contributed by atoms with van der Waals surface area (Å²) in [5.41, 5.74) is 1.59. The van der Waals surface area contributed by atoms with Crippen LogP contribution < -0.4 is 20.1 Å². The number of alkyl halides is 2. The number of halogens is 2. The number of anilines is 1. The number of amides is 1. The first-order valence-corrected chi connectivity index (χ1v) is 7.22. The molecule has 0 heterocycles. The van der Waals surface area contributed by atoms with Crippen molar-refractivity contribution >= 4 is 11.6 Å². The van der Waals surface area contributed by atoms with Crippen LogP contribution in [-0.4, -0.2) is 26.7 Å². The fourth-order valence-electron chi connectivity index (χ4n) is 2.18. The molecule has 0 unspecified atom stereocenters. The smallest absolute Gasteiger partial charge is 0.387 e. The van der Waals surface area contributed by atoms with Crippen LogP contribution in [0.2, 0.25) is 0 Å². The lowest BCUT2D eigenvalue weighted by Gasteiger charge is -2.15. The van der Waals surface area contributed by atoms with E-state index in [4.69, 9.17) is 4.74 Å². The summed E-state index contributed by atoms with van der Waals surface area (Å²) >= 11 is 0. The van der Waals surface area contributed by atoms with Crippen LogP contribution in [0, 0.1) is 0 Å². The highest BCUT2D eigenvalue weighted by Gasteiger charge is 2.12. The molecule has 2 N–H and O–H groups in total. The minimum Gasteiger partial charge on any atom is -0.495 e. The summed E-state index contributed by atoms with van der Waals surface area (Å²) in [6, 6.07) is 11.4. The maximum atomic E-state index is 12.5. The molecule has 0 spiro atoms. The minimum atomic E-state index is -2.89. The van der Waals surface area contributed by atoms with Crippen molar-refractivity contribution in [2.75, 3.05) is 19.5 Å². The number of methoxy groups -OCH3 is 1. The second kappa shape index (κ2) is 8.14. The molecule has 0 atom stereocenters. The molecule has 1 amide bonds. The first-order valence-electron chi connectivity index (χ1n) is 7.22. The number of benzene rings is 2. The van der Waals surface area contributed by atoms with Gasteiger partial charge in [-0.3, -0.25) is 4.79 Å². The van der Waals surface area contributed by atoms with Gasteiger partial charge in [-0.25, -0.2) is 0 Å². The Morgan fingerprint density at radius 2 is 1.92 bits per heavy atom. The molecule has 0 aliphatic heterocycles. The molecule has 24 heavy (non-hydrogen) atoms. The van der Waals surface area contributed by atoms with Crippen molar-refractivity contribution in [1.82, 2.24) is 5.32 Å². The van der Waals surface area contributed by atoms with Gasteiger partial charge < -0.3 is 20.1 Å². The average Bonchev–Trinajstić information content (AvgIpc) is 2.59. The van der Waals surface area contributed by atoms with Gasteiger partial charge in [-0.05, 0) is 24.3 Å². The Morgan fingerprint density at radius 1 is 1.17 bits per heavy atom. The number of carbonyl (C=O) groups is 1. The lowest BCUT2D eigenvalue weighted by molar-refractivity contribution is -0.0504. The van der Waals surface area contributed by atoms with E-state index < -0.39 is 6.61 Å². The van der Waals surface area contributed by atoms with Crippen LogP contribution in [0.5, 0.6) is 11.5 Å². The van der Waals surface area contributed by atoms with E-state index in [0.29, 0.717) is 22.6 Å². The van der Waals surface area contributed by atoms with E-state index in [1.807, 2.05) is 0 Å². The fourth-order valence-corrected chi connectivity index (χ4v) is 2.18. The second-order valence-corrected chi connectivity index (χ2v) is 4.83. The summed E-state index contributed by atoms with van der Waals surface area (Å²) in [4.78, 5) is 11.7. The van der Waals surface area contributed by atoms with Crippen LogP contribution in [0.25, 0.3) is 0 Å². The van der Waals surface area contributed by atoms with Gasteiger partial charge in [0.15, 0.2) is 0 Å². The van der Waals surface area contributed by atoms with Gasteiger partial charge in [0.2, 0.25) is 0 Å². The molecule has 128 valence electrons. The lowest BCUT2D eigenvalue weighted by Crippen LogP contribution is -2.18. The Balaban J connectivity index is 2.21. The van der Waals surface area contributed by atoms with E-state index in [1.165, 1.54) is 20.2 Å². The zero-order chi connectivity index (χ0) is 17.5. The molecule has 5 nitrogen and oxygen atoms in total. The van der Waals surface area contributed by atoms with Crippen LogP contribution in [0.15, 0.2) is 42.5 Å². The number of hydrogen-bond donors (Lipinski definition) is 2. The fraction of sp³-hybridized carbons (Fsp3) is 0.235. The summed E-state index contributed by atoms with van der Waals surface area (Å²) in [5, 5.41) is 5.62. The molecule has 0 aliphatic rings. The molecule has 2 rings (SSSR count). The van der Waals surface area contributed by atoms with Gasteiger partial charge in [-0.1, -0.05) is 18.2 Å². The third-order valence-electron chi connectivity index (χ3n) is 3.35. The Labute approximate surface area is 138 Å². The number of carbonyl (C=O) groups excluding carboxylic acids is 1. The average molecular weight is 336 g/mol. The highest BCUT2D eigenvalue weighted by atomic mass is 19.3. The number of rotatable bonds is 7. The van der Waals surface area contributed by atoms with Gasteiger partial charge in [0, 0.05) is 24.7 Å². The van der Waals surface area contributed by atoms with Gasteiger partial charge in [0.05, 0.1) is 12.8 Å². The largest absolute Gasteiger partial charge is 0.495 e. The van der Waals surface area contributed by atoms with Crippen molar-refractivity contribution in [3.05, 3.63) is 53.6 Å². The molecule has 0 radical (unpaired) electrons. The standard InChI is InChI=1S/C17H18F2N2O3/c1-20-16(22)11-7-8-15(23-2)13(9-11)21-10-12-5-3-4-6-14(12)24-17(18)19/h3-9,17,21H,10H2,1-2H3,(H,20,22). The number of ether oxygens (including phenoxy) is 2. The van der Waals surface area contributed by atoms with Gasteiger partial charge >= 0.3 is 6.61 Å².